The van der Waals surface area contributed by atoms with E-state index in [0.717, 1.165) is 95.8 Å². The van der Waals surface area contributed by atoms with E-state index in [9.17, 15) is 0 Å². The molecule has 0 bridgehead atoms. The van der Waals surface area contributed by atoms with Crippen molar-refractivity contribution in [1.82, 2.24) is 9.13 Å². The minimum Gasteiger partial charge on any atom is -0.456 e. The summed E-state index contributed by atoms with van der Waals surface area (Å²) in [5.41, 5.74) is 11.2. The van der Waals surface area contributed by atoms with Gasteiger partial charge < -0.3 is 8.98 Å². The molecule has 0 atom stereocenters. The topological polar surface area (TPSA) is 47.7 Å². The summed E-state index contributed by atoms with van der Waals surface area (Å²) in [4.78, 5) is 11.2. The molecular formula is C60H38N4O. The first-order chi connectivity index (χ1) is 32.2. The highest BCUT2D eigenvalue weighted by Crippen LogP contribution is 2.43. The predicted octanol–water partition coefficient (Wildman–Crippen LogP) is 15.8. The lowest BCUT2D eigenvalue weighted by Crippen LogP contribution is -2.15. The first kappa shape index (κ1) is 36.0. The average Bonchev–Trinajstić information content (AvgIpc) is 4.02. The van der Waals surface area contributed by atoms with Gasteiger partial charge in [-0.25, -0.2) is 9.98 Å². The van der Waals surface area contributed by atoms with Gasteiger partial charge >= 0.3 is 0 Å². The highest BCUT2D eigenvalue weighted by Gasteiger charge is 2.24. The number of rotatable bonds is 3. The van der Waals surface area contributed by atoms with Crippen LogP contribution in [0.1, 0.15) is 24.0 Å². The summed E-state index contributed by atoms with van der Waals surface area (Å²) in [7, 11) is 0. The number of allylic oxidation sites excluding steroid dienone is 1. The molecule has 0 N–H and O–H groups in total. The number of hydrogen-bond donors (Lipinski definition) is 0. The van der Waals surface area contributed by atoms with E-state index in [2.05, 4.69) is 203 Å². The van der Waals surface area contributed by atoms with Crippen molar-refractivity contribution in [3.05, 3.63) is 217 Å². The first-order valence-electron chi connectivity index (χ1n) is 22.4. The van der Waals surface area contributed by atoms with Crippen LogP contribution in [0.4, 0.5) is 0 Å². The average molecular weight is 831 g/mol. The van der Waals surface area contributed by atoms with Gasteiger partial charge in [0.15, 0.2) is 0 Å². The van der Waals surface area contributed by atoms with Gasteiger partial charge in [0.05, 0.1) is 33.5 Å². The van der Waals surface area contributed by atoms with E-state index in [1.54, 1.807) is 0 Å². The van der Waals surface area contributed by atoms with Gasteiger partial charge in [-0.1, -0.05) is 158 Å². The zero-order valence-corrected chi connectivity index (χ0v) is 35.2. The zero-order chi connectivity index (χ0) is 42.6. The van der Waals surface area contributed by atoms with Crippen molar-refractivity contribution in [3.8, 4) is 5.69 Å². The van der Waals surface area contributed by atoms with Gasteiger partial charge in [0.25, 0.3) is 0 Å². The Kier molecular flexibility index (Phi) is 7.74. The number of para-hydroxylation sites is 3. The molecule has 0 radical (unpaired) electrons. The third-order valence-corrected chi connectivity index (χ3v) is 13.6. The van der Waals surface area contributed by atoms with Crippen LogP contribution in [-0.4, -0.2) is 20.8 Å². The summed E-state index contributed by atoms with van der Waals surface area (Å²) in [5.74, 6) is 0.622. The van der Waals surface area contributed by atoms with Crippen LogP contribution < -0.4 is 0 Å². The lowest BCUT2D eigenvalue weighted by Gasteiger charge is -2.15. The molecule has 1 aliphatic heterocycles. The number of benzene rings is 10. The minimum absolute atomic E-state index is 0.622. The van der Waals surface area contributed by atoms with Crippen molar-refractivity contribution in [2.45, 2.75) is 12.8 Å². The Bertz CT molecular complexity index is 4200. The standard InChI is InChI=1S/C60H38N4O/c1-2-15-37(16-3-1)51-24-14-25-52(38-29-31-47-46-22-10-13-28-56(46)65-57(47)35-38)62-60(61-51)64-54-27-12-9-23-49(54)58-55(64)34-33-48-45-21-8-11-26-53(45)63(59(48)58)39-30-32-44-42-19-5-4-17-40(42)41-18-6-7-20-43(41)50(44)36-39/h1-13,15-24,26-36H,14,25H2/b51-24+,61-60+,62-52+. The van der Waals surface area contributed by atoms with E-state index in [1.165, 1.54) is 43.1 Å². The Balaban J connectivity index is 1.06. The predicted molar refractivity (Wildman–Crippen MR) is 273 cm³/mol. The Morgan fingerprint density at radius 3 is 1.74 bits per heavy atom. The second-order valence-corrected chi connectivity index (χ2v) is 17.2. The van der Waals surface area contributed by atoms with Crippen LogP contribution in [0.15, 0.2) is 221 Å². The molecule has 304 valence electrons. The van der Waals surface area contributed by atoms with Crippen molar-refractivity contribution in [1.29, 1.82) is 0 Å². The second kappa shape index (κ2) is 14.0. The van der Waals surface area contributed by atoms with E-state index < -0.39 is 0 Å². The number of aliphatic imine (C=N–C) groups is 2. The number of aromatic nitrogens is 2. The monoisotopic (exact) mass is 830 g/mol. The maximum absolute atomic E-state index is 6.40. The third kappa shape index (κ3) is 5.39. The van der Waals surface area contributed by atoms with Crippen LogP contribution >= 0.6 is 0 Å². The first-order valence-corrected chi connectivity index (χ1v) is 22.4. The smallest absolute Gasteiger partial charge is 0.235 e. The molecule has 4 heterocycles. The summed E-state index contributed by atoms with van der Waals surface area (Å²) >= 11 is 0. The van der Waals surface area contributed by atoms with Crippen molar-refractivity contribution < 1.29 is 4.42 Å². The fourth-order valence-electron chi connectivity index (χ4n) is 10.7. The molecule has 5 nitrogen and oxygen atoms in total. The van der Waals surface area contributed by atoms with Crippen LogP contribution in [-0.2, 0) is 0 Å². The van der Waals surface area contributed by atoms with E-state index in [0.29, 0.717) is 5.96 Å². The summed E-state index contributed by atoms with van der Waals surface area (Å²) in [5, 5.41) is 14.5. The summed E-state index contributed by atoms with van der Waals surface area (Å²) < 4.78 is 11.2. The maximum atomic E-state index is 6.40. The van der Waals surface area contributed by atoms with Gasteiger partial charge in [-0.05, 0) is 105 Å². The van der Waals surface area contributed by atoms with Gasteiger partial charge in [0.1, 0.15) is 11.2 Å². The van der Waals surface area contributed by atoms with Crippen LogP contribution in [0, 0.1) is 0 Å². The molecule has 0 fully saturated rings. The van der Waals surface area contributed by atoms with E-state index in [4.69, 9.17) is 14.4 Å². The quantitative estimate of drug-likeness (QED) is 0.164. The molecule has 0 saturated heterocycles. The molecule has 0 spiro atoms. The highest BCUT2D eigenvalue weighted by molar-refractivity contribution is 6.29. The highest BCUT2D eigenvalue weighted by atomic mass is 16.3. The lowest BCUT2D eigenvalue weighted by molar-refractivity contribution is 0.669. The van der Waals surface area contributed by atoms with Gasteiger partial charge in [-0.2, -0.15) is 0 Å². The molecule has 5 heteroatoms. The molecule has 1 aliphatic rings. The normalized spacial score (nSPS) is 16.1. The van der Waals surface area contributed by atoms with Gasteiger partial charge in [-0.3, -0.25) is 4.57 Å². The second-order valence-electron chi connectivity index (χ2n) is 17.2. The van der Waals surface area contributed by atoms with Crippen molar-refractivity contribution >= 4 is 115 Å². The van der Waals surface area contributed by atoms with Crippen molar-refractivity contribution in [2.75, 3.05) is 0 Å². The van der Waals surface area contributed by atoms with E-state index in [-0.39, 0.29) is 0 Å². The summed E-state index contributed by atoms with van der Waals surface area (Å²) in [6, 6.07) is 72.0. The Morgan fingerprint density at radius 1 is 0.385 bits per heavy atom. The van der Waals surface area contributed by atoms with Crippen LogP contribution in [0.2, 0.25) is 0 Å². The fraction of sp³-hybridized carbons (Fsp3) is 0.0333. The molecule has 10 aromatic carbocycles. The molecule has 13 aromatic rings. The van der Waals surface area contributed by atoms with Crippen LogP contribution in [0.25, 0.3) is 109 Å². The van der Waals surface area contributed by atoms with E-state index in [1.807, 2.05) is 12.1 Å². The summed E-state index contributed by atoms with van der Waals surface area (Å²) in [6.45, 7) is 0. The van der Waals surface area contributed by atoms with Crippen molar-refractivity contribution in [2.24, 2.45) is 9.98 Å². The van der Waals surface area contributed by atoms with Gasteiger partial charge in [0.2, 0.25) is 5.96 Å². The third-order valence-electron chi connectivity index (χ3n) is 13.6. The molecule has 0 aliphatic carbocycles. The molecule has 0 unspecified atom stereocenters. The molecule has 0 saturated carbocycles. The zero-order valence-electron chi connectivity index (χ0n) is 35.2. The number of fused-ring (bicyclic) bond motifs is 16. The Labute approximate surface area is 373 Å². The number of hydrogen-bond acceptors (Lipinski definition) is 3. The Hall–Kier alpha value is -8.54. The molecule has 3 aromatic heterocycles. The van der Waals surface area contributed by atoms with Gasteiger partial charge in [-0.15, -0.1) is 0 Å². The van der Waals surface area contributed by atoms with E-state index >= 15 is 0 Å². The van der Waals surface area contributed by atoms with Crippen LogP contribution in [0.5, 0.6) is 0 Å². The fourth-order valence-corrected chi connectivity index (χ4v) is 10.7. The Morgan fingerprint density at radius 2 is 0.969 bits per heavy atom. The molecular weight excluding hydrogens is 793 g/mol. The van der Waals surface area contributed by atoms with Crippen molar-refractivity contribution in [3.63, 3.8) is 0 Å². The molecule has 65 heavy (non-hydrogen) atoms. The minimum atomic E-state index is 0.622. The lowest BCUT2D eigenvalue weighted by atomic mass is 9.94. The molecule has 14 rings (SSSR count). The maximum Gasteiger partial charge on any atom is 0.235 e. The summed E-state index contributed by atoms with van der Waals surface area (Å²) in [6.07, 6.45) is 3.80. The molecule has 0 amide bonds. The van der Waals surface area contributed by atoms with Crippen LogP contribution in [0.3, 0.4) is 0 Å². The SMILES string of the molecule is C1=C(c2ccccc2)/N=C(n2c3ccccc3c3c2ccc2c4ccccc4n(-c4ccc5c6ccccc6c6ccccc6c5c4)c23)\N=C(\c2ccc3c(c2)oc2ccccc23)CC/1. The number of nitrogens with zero attached hydrogens (tertiary/aromatic N) is 4. The van der Waals surface area contributed by atoms with Gasteiger partial charge in [0, 0.05) is 38.0 Å². The largest absolute Gasteiger partial charge is 0.456 e. The number of furan rings is 1.